The summed E-state index contributed by atoms with van der Waals surface area (Å²) < 4.78 is 2.52. The number of rotatable bonds is 1. The highest BCUT2D eigenvalue weighted by Gasteiger charge is 2.27. The summed E-state index contributed by atoms with van der Waals surface area (Å²) in [7, 11) is 0. The summed E-state index contributed by atoms with van der Waals surface area (Å²) in [5.74, 6) is 0.400. The van der Waals surface area contributed by atoms with Crippen molar-refractivity contribution < 1.29 is 9.90 Å². The van der Waals surface area contributed by atoms with E-state index in [0.717, 1.165) is 21.9 Å². The van der Waals surface area contributed by atoms with Gasteiger partial charge in [0.15, 0.2) is 5.65 Å². The average molecular weight is 388 g/mol. The number of hydrogen-bond donors (Lipinski definition) is 2. The number of nitrogen functional groups attached to an aromatic ring is 1. The summed E-state index contributed by atoms with van der Waals surface area (Å²) in [6, 6.07) is -0.0137. The van der Waals surface area contributed by atoms with Crippen molar-refractivity contribution in [1.29, 1.82) is 0 Å². The topological polar surface area (TPSA) is 110 Å². The second-order valence-electron chi connectivity index (χ2n) is 4.72. The van der Waals surface area contributed by atoms with Crippen LogP contribution in [-0.4, -0.2) is 48.9 Å². The number of anilines is 1. The molecule has 0 spiro atoms. The molecule has 9 heteroatoms. The molecule has 0 aliphatic carbocycles. The molecule has 0 radical (unpaired) electrons. The summed E-state index contributed by atoms with van der Waals surface area (Å²) in [6.07, 6.45) is 2.20. The van der Waals surface area contributed by atoms with E-state index in [-0.39, 0.29) is 6.04 Å². The molecule has 1 saturated heterocycles. The third-order valence-corrected chi connectivity index (χ3v) is 4.24. The monoisotopic (exact) mass is 388 g/mol. The zero-order valence-corrected chi connectivity index (χ0v) is 12.7. The van der Waals surface area contributed by atoms with Crippen LogP contribution in [0.2, 0.25) is 0 Å². The predicted octanol–water partition coefficient (Wildman–Crippen LogP) is 1.33. The first-order valence-corrected chi connectivity index (χ1v) is 7.28. The summed E-state index contributed by atoms with van der Waals surface area (Å²) in [4.78, 5) is 20.7. The third kappa shape index (κ3) is 2.15. The molecule has 1 aliphatic rings. The van der Waals surface area contributed by atoms with Gasteiger partial charge in [0.1, 0.15) is 15.8 Å². The first-order chi connectivity index (χ1) is 9.58. The van der Waals surface area contributed by atoms with Crippen LogP contribution in [0.1, 0.15) is 18.9 Å². The van der Waals surface area contributed by atoms with Gasteiger partial charge in [-0.1, -0.05) is 0 Å². The Kier molecular flexibility index (Phi) is 3.36. The van der Waals surface area contributed by atoms with Crippen LogP contribution in [-0.2, 0) is 0 Å². The van der Waals surface area contributed by atoms with Gasteiger partial charge >= 0.3 is 6.09 Å². The van der Waals surface area contributed by atoms with Crippen molar-refractivity contribution in [2.24, 2.45) is 0 Å². The second-order valence-corrected chi connectivity index (χ2v) is 5.74. The number of carboxylic acid groups (broad SMARTS) is 1. The first kappa shape index (κ1) is 13.3. The van der Waals surface area contributed by atoms with Crippen LogP contribution < -0.4 is 5.73 Å². The molecule has 106 valence electrons. The predicted molar refractivity (Wildman–Crippen MR) is 80.3 cm³/mol. The molecule has 0 unspecified atom stereocenters. The van der Waals surface area contributed by atoms with E-state index in [0.29, 0.717) is 24.6 Å². The maximum atomic E-state index is 11.1. The number of likely N-dealkylation sites (tertiary alicyclic amines) is 1. The Balaban J connectivity index is 2.02. The van der Waals surface area contributed by atoms with Gasteiger partial charge in [0.2, 0.25) is 0 Å². The average Bonchev–Trinajstić information content (AvgIpc) is 2.78. The van der Waals surface area contributed by atoms with E-state index in [1.165, 1.54) is 11.2 Å². The van der Waals surface area contributed by atoms with Gasteiger partial charge in [0.25, 0.3) is 0 Å². The second kappa shape index (κ2) is 5.04. The summed E-state index contributed by atoms with van der Waals surface area (Å²) >= 11 is 2.10. The molecule has 8 nitrogen and oxygen atoms in total. The van der Waals surface area contributed by atoms with Crippen LogP contribution in [0.3, 0.4) is 0 Å². The van der Waals surface area contributed by atoms with Gasteiger partial charge in [-0.3, -0.25) is 0 Å². The molecule has 0 aromatic carbocycles. The minimum atomic E-state index is -0.894. The number of aromatic nitrogens is 4. The van der Waals surface area contributed by atoms with E-state index >= 15 is 0 Å². The lowest BCUT2D eigenvalue weighted by Crippen LogP contribution is -2.40. The summed E-state index contributed by atoms with van der Waals surface area (Å²) in [5, 5.41) is 14.3. The van der Waals surface area contributed by atoms with Crippen molar-refractivity contribution in [3.8, 4) is 0 Å². The molecule has 2 aromatic rings. The van der Waals surface area contributed by atoms with Crippen LogP contribution in [0.25, 0.3) is 11.0 Å². The molecule has 1 aliphatic heterocycles. The quantitative estimate of drug-likeness (QED) is 0.714. The number of nitrogens with zero attached hydrogens (tertiary/aromatic N) is 5. The molecule has 1 amide bonds. The number of amides is 1. The lowest BCUT2D eigenvalue weighted by molar-refractivity contribution is 0.120. The van der Waals surface area contributed by atoms with Crippen LogP contribution in [0.15, 0.2) is 6.33 Å². The molecular weight excluding hydrogens is 375 g/mol. The minimum Gasteiger partial charge on any atom is -0.465 e. The van der Waals surface area contributed by atoms with Crippen LogP contribution in [0, 0.1) is 3.70 Å². The fourth-order valence-electron chi connectivity index (χ4n) is 2.54. The van der Waals surface area contributed by atoms with Crippen molar-refractivity contribution in [3.05, 3.63) is 10.0 Å². The molecule has 3 rings (SSSR count). The lowest BCUT2D eigenvalue weighted by Gasteiger charge is -2.30. The van der Waals surface area contributed by atoms with Gasteiger partial charge in [-0.2, -0.15) is 5.10 Å². The molecular formula is C11H13IN6O2. The highest BCUT2D eigenvalue weighted by atomic mass is 127. The molecule has 3 N–H and O–H groups in total. The van der Waals surface area contributed by atoms with E-state index in [2.05, 4.69) is 37.7 Å². The maximum absolute atomic E-state index is 11.1. The molecule has 0 saturated carbocycles. The summed E-state index contributed by atoms with van der Waals surface area (Å²) in [6.45, 7) is 0.991. The highest BCUT2D eigenvalue weighted by molar-refractivity contribution is 14.1. The number of hydrogen-bond acceptors (Lipinski definition) is 5. The Hall–Kier alpha value is -1.65. The van der Waals surface area contributed by atoms with Crippen LogP contribution in [0.5, 0.6) is 0 Å². The van der Waals surface area contributed by atoms with Gasteiger partial charge in [0.05, 0.1) is 11.4 Å². The van der Waals surface area contributed by atoms with E-state index < -0.39 is 6.09 Å². The summed E-state index contributed by atoms with van der Waals surface area (Å²) in [5.41, 5.74) is 6.53. The zero-order chi connectivity index (χ0) is 14.3. The Morgan fingerprint density at radius 1 is 1.50 bits per heavy atom. The Morgan fingerprint density at radius 3 is 3.05 bits per heavy atom. The largest absolute Gasteiger partial charge is 0.465 e. The van der Waals surface area contributed by atoms with Crippen molar-refractivity contribution in [2.45, 2.75) is 18.9 Å². The minimum absolute atomic E-state index is 0.0137. The van der Waals surface area contributed by atoms with Crippen molar-refractivity contribution in [2.75, 3.05) is 18.8 Å². The van der Waals surface area contributed by atoms with Gasteiger partial charge in [0, 0.05) is 13.1 Å². The molecule has 3 heterocycles. The van der Waals surface area contributed by atoms with Crippen LogP contribution in [0.4, 0.5) is 10.6 Å². The molecule has 1 atom stereocenters. The zero-order valence-electron chi connectivity index (χ0n) is 10.5. The highest BCUT2D eigenvalue weighted by Crippen LogP contribution is 2.28. The number of carbonyl (C=O) groups is 1. The smallest absolute Gasteiger partial charge is 0.407 e. The molecule has 2 aromatic heterocycles. The van der Waals surface area contributed by atoms with Gasteiger partial charge < -0.3 is 15.7 Å². The molecule has 1 fully saturated rings. The Labute approximate surface area is 128 Å². The number of nitrogens with two attached hydrogens (primary N) is 1. The Morgan fingerprint density at radius 2 is 2.30 bits per heavy atom. The SMILES string of the molecule is Nc1ncnc2c1c(I)nn2[C@H]1CCCN(C(=O)O)C1. The third-order valence-electron chi connectivity index (χ3n) is 3.49. The maximum Gasteiger partial charge on any atom is 0.407 e. The van der Waals surface area contributed by atoms with Gasteiger partial charge in [-0.25, -0.2) is 19.4 Å². The van der Waals surface area contributed by atoms with E-state index in [1.54, 1.807) is 4.68 Å². The first-order valence-electron chi connectivity index (χ1n) is 6.20. The fourth-order valence-corrected chi connectivity index (χ4v) is 3.29. The number of fused-ring (bicyclic) bond motifs is 1. The number of halogens is 1. The molecule has 20 heavy (non-hydrogen) atoms. The van der Waals surface area contributed by atoms with Crippen molar-refractivity contribution in [3.63, 3.8) is 0 Å². The van der Waals surface area contributed by atoms with E-state index in [1.807, 2.05) is 0 Å². The Bertz CT molecular complexity index is 672. The van der Waals surface area contributed by atoms with Gasteiger partial charge in [-0.05, 0) is 35.4 Å². The van der Waals surface area contributed by atoms with Gasteiger partial charge in [-0.15, -0.1) is 0 Å². The standard InChI is InChI=1S/C11H13IN6O2/c12-8-7-9(13)14-5-15-10(7)18(16-8)6-2-1-3-17(4-6)11(19)20/h5-6H,1-4H2,(H,19,20)(H2,13,14,15)/t6-/m0/s1. The lowest BCUT2D eigenvalue weighted by atomic mass is 10.1. The molecule has 0 bridgehead atoms. The normalized spacial score (nSPS) is 19.4. The van der Waals surface area contributed by atoms with Crippen LogP contribution >= 0.6 is 22.6 Å². The number of piperidine rings is 1. The fraction of sp³-hybridized carbons (Fsp3) is 0.455. The van der Waals surface area contributed by atoms with Crippen molar-refractivity contribution >= 4 is 45.5 Å². The van der Waals surface area contributed by atoms with E-state index in [4.69, 9.17) is 10.8 Å². The van der Waals surface area contributed by atoms with Crippen molar-refractivity contribution in [1.82, 2.24) is 24.6 Å². The van der Waals surface area contributed by atoms with E-state index in [9.17, 15) is 4.79 Å².